The highest BCUT2D eigenvalue weighted by Gasteiger charge is 2.48. The second kappa shape index (κ2) is 7.20. The molecular weight excluding hydrogens is 424 g/mol. The number of Topliss-reactive ketones (excluding diaryl/α,β-unsaturated/α-hetero) is 1. The van der Waals surface area contributed by atoms with Gasteiger partial charge in [0.1, 0.15) is 5.76 Å². The average molecular weight is 440 g/mol. The van der Waals surface area contributed by atoms with Gasteiger partial charge < -0.3 is 19.6 Å². The molecule has 0 bridgehead atoms. The molecule has 1 atom stereocenters. The predicted molar refractivity (Wildman–Crippen MR) is 118 cm³/mol. The Morgan fingerprint density at radius 2 is 1.91 bits per heavy atom. The smallest absolute Gasteiger partial charge is 0.302 e. The number of pyridine rings is 1. The van der Waals surface area contributed by atoms with E-state index in [-0.39, 0.29) is 24.1 Å². The number of rotatable bonds is 3. The Balaban J connectivity index is 1.55. The average Bonchev–Trinajstić information content (AvgIpc) is 3.55. The molecule has 0 spiro atoms. The van der Waals surface area contributed by atoms with Gasteiger partial charge >= 0.3 is 5.91 Å². The van der Waals surface area contributed by atoms with Crippen molar-refractivity contribution < 1.29 is 24.2 Å². The molecule has 33 heavy (non-hydrogen) atoms. The van der Waals surface area contributed by atoms with E-state index in [0.29, 0.717) is 28.1 Å². The third-order valence-corrected chi connectivity index (χ3v) is 5.70. The van der Waals surface area contributed by atoms with Crippen LogP contribution in [0, 0.1) is 0 Å². The number of carbonyl (C=O) groups is 2. The molecule has 0 aliphatic carbocycles. The van der Waals surface area contributed by atoms with Crippen LogP contribution in [-0.4, -0.2) is 38.5 Å². The molecule has 1 unspecified atom stereocenters. The number of anilines is 1. The quantitative estimate of drug-likeness (QED) is 0.285. The molecule has 162 valence electrons. The van der Waals surface area contributed by atoms with Gasteiger partial charge in [-0.3, -0.25) is 19.5 Å². The van der Waals surface area contributed by atoms with Gasteiger partial charge in [0, 0.05) is 18.0 Å². The van der Waals surface area contributed by atoms with Crippen molar-refractivity contribution in [3.8, 4) is 11.5 Å². The van der Waals surface area contributed by atoms with Gasteiger partial charge in [0.25, 0.3) is 5.78 Å². The lowest BCUT2D eigenvalue weighted by Gasteiger charge is -2.22. The highest BCUT2D eigenvalue weighted by atomic mass is 16.7. The van der Waals surface area contributed by atoms with Crippen molar-refractivity contribution in [3.63, 3.8) is 0 Å². The standard InChI is InChI=1S/C24H16N4O5/c29-21(13-7-8-17-18(10-13)33-12-32-17)19-20(14-4-3-9-25-11-14)28(23(31)22(19)30)24-26-15-5-1-2-6-16(15)27-24/h1-11,20,29H,12H2,(H,26,27)/b21-19+. The van der Waals surface area contributed by atoms with Crippen LogP contribution < -0.4 is 14.4 Å². The molecular formula is C24H16N4O5. The second-order valence-corrected chi connectivity index (χ2v) is 7.60. The number of aromatic amines is 1. The Labute approximate surface area is 186 Å². The van der Waals surface area contributed by atoms with Gasteiger partial charge in [-0.25, -0.2) is 4.98 Å². The van der Waals surface area contributed by atoms with Crippen LogP contribution in [-0.2, 0) is 9.59 Å². The van der Waals surface area contributed by atoms with Gasteiger partial charge in [-0.05, 0) is 42.0 Å². The number of fused-ring (bicyclic) bond motifs is 2. The van der Waals surface area contributed by atoms with E-state index in [1.807, 2.05) is 18.2 Å². The first-order valence-electron chi connectivity index (χ1n) is 10.2. The summed E-state index contributed by atoms with van der Waals surface area (Å²) in [6.45, 7) is 0.0751. The lowest BCUT2D eigenvalue weighted by Crippen LogP contribution is -2.30. The Bertz CT molecular complexity index is 1430. The number of ketones is 1. The summed E-state index contributed by atoms with van der Waals surface area (Å²) in [5, 5.41) is 11.2. The number of H-pyrrole nitrogens is 1. The largest absolute Gasteiger partial charge is 0.507 e. The molecule has 1 saturated heterocycles. The minimum atomic E-state index is -0.926. The summed E-state index contributed by atoms with van der Waals surface area (Å²) < 4.78 is 10.7. The number of aliphatic hydroxyl groups is 1. The third-order valence-electron chi connectivity index (χ3n) is 5.70. The molecule has 2 aliphatic heterocycles. The second-order valence-electron chi connectivity index (χ2n) is 7.60. The fourth-order valence-corrected chi connectivity index (χ4v) is 4.16. The van der Waals surface area contributed by atoms with Gasteiger partial charge in [-0.2, -0.15) is 0 Å². The summed E-state index contributed by atoms with van der Waals surface area (Å²) in [5.74, 6) is -0.748. The highest BCUT2D eigenvalue weighted by Crippen LogP contribution is 2.42. The summed E-state index contributed by atoms with van der Waals surface area (Å²) >= 11 is 0. The monoisotopic (exact) mass is 440 g/mol. The first kappa shape index (κ1) is 19.1. The van der Waals surface area contributed by atoms with Gasteiger partial charge in [0.2, 0.25) is 12.7 Å². The fraction of sp³-hybridized carbons (Fsp3) is 0.0833. The number of hydrogen-bond acceptors (Lipinski definition) is 7. The zero-order valence-electron chi connectivity index (χ0n) is 17.1. The van der Waals surface area contributed by atoms with Crippen LogP contribution in [0.25, 0.3) is 16.8 Å². The van der Waals surface area contributed by atoms with E-state index in [9.17, 15) is 14.7 Å². The number of aromatic nitrogens is 3. The maximum atomic E-state index is 13.2. The van der Waals surface area contributed by atoms with Crippen molar-refractivity contribution in [2.24, 2.45) is 0 Å². The maximum Gasteiger partial charge on any atom is 0.302 e. The molecule has 2 N–H and O–H groups in total. The number of aliphatic hydroxyl groups excluding tert-OH is 1. The first-order chi connectivity index (χ1) is 16.1. The zero-order valence-corrected chi connectivity index (χ0v) is 17.1. The lowest BCUT2D eigenvalue weighted by molar-refractivity contribution is -0.132. The molecule has 6 rings (SSSR count). The topological polar surface area (TPSA) is 118 Å². The maximum absolute atomic E-state index is 13.2. The number of benzene rings is 2. The summed E-state index contributed by atoms with van der Waals surface area (Å²) in [6, 6.07) is 14.7. The molecule has 0 saturated carbocycles. The number of hydrogen-bond donors (Lipinski definition) is 2. The molecule has 2 aromatic heterocycles. The van der Waals surface area contributed by atoms with Crippen molar-refractivity contribution >= 4 is 34.4 Å². The van der Waals surface area contributed by atoms with Crippen LogP contribution in [0.5, 0.6) is 11.5 Å². The van der Waals surface area contributed by atoms with Crippen molar-refractivity contribution in [1.29, 1.82) is 0 Å². The normalized spacial score (nSPS) is 18.9. The summed E-state index contributed by atoms with van der Waals surface area (Å²) in [5.41, 5.74) is 2.19. The predicted octanol–water partition coefficient (Wildman–Crippen LogP) is 3.31. The Morgan fingerprint density at radius 1 is 1.06 bits per heavy atom. The number of nitrogens with one attached hydrogen (secondary N) is 1. The van der Waals surface area contributed by atoms with Gasteiger partial charge in [0.05, 0.1) is 22.6 Å². The third kappa shape index (κ3) is 2.93. The van der Waals surface area contributed by atoms with Crippen molar-refractivity contribution in [3.05, 3.63) is 83.7 Å². The van der Waals surface area contributed by atoms with Crippen LogP contribution in [0.15, 0.2) is 72.6 Å². The number of para-hydroxylation sites is 2. The van der Waals surface area contributed by atoms with E-state index < -0.39 is 17.7 Å². The van der Waals surface area contributed by atoms with Crippen molar-refractivity contribution in [2.45, 2.75) is 6.04 Å². The van der Waals surface area contributed by atoms with Crippen LogP contribution in [0.2, 0.25) is 0 Å². The van der Waals surface area contributed by atoms with Gasteiger partial charge in [-0.15, -0.1) is 0 Å². The number of carbonyl (C=O) groups excluding carboxylic acids is 2. The molecule has 9 heteroatoms. The van der Waals surface area contributed by atoms with E-state index in [1.54, 1.807) is 48.8 Å². The van der Waals surface area contributed by atoms with Crippen molar-refractivity contribution in [1.82, 2.24) is 15.0 Å². The number of amides is 1. The Morgan fingerprint density at radius 3 is 2.73 bits per heavy atom. The molecule has 1 amide bonds. The van der Waals surface area contributed by atoms with Gasteiger partial charge in [-0.1, -0.05) is 18.2 Å². The molecule has 4 heterocycles. The zero-order chi connectivity index (χ0) is 22.5. The van der Waals surface area contributed by atoms with E-state index >= 15 is 0 Å². The number of nitrogens with zero attached hydrogens (tertiary/aromatic N) is 3. The summed E-state index contributed by atoms with van der Waals surface area (Å²) in [6.07, 6.45) is 3.15. The summed E-state index contributed by atoms with van der Waals surface area (Å²) in [7, 11) is 0. The van der Waals surface area contributed by atoms with E-state index in [4.69, 9.17) is 9.47 Å². The molecule has 4 aromatic rings. The highest BCUT2D eigenvalue weighted by molar-refractivity contribution is 6.51. The summed E-state index contributed by atoms with van der Waals surface area (Å²) in [4.78, 5) is 39.4. The molecule has 2 aromatic carbocycles. The Kier molecular flexibility index (Phi) is 4.16. The van der Waals surface area contributed by atoms with Crippen LogP contribution >= 0.6 is 0 Å². The van der Waals surface area contributed by atoms with E-state index in [2.05, 4.69) is 15.0 Å². The van der Waals surface area contributed by atoms with E-state index in [1.165, 1.54) is 4.90 Å². The SMILES string of the molecule is O=C1C(=O)N(c2nc3ccccc3[nH]2)C(c2cccnc2)/C1=C(\O)c1ccc2c(c1)OCO2. The first-order valence-corrected chi connectivity index (χ1v) is 10.2. The lowest BCUT2D eigenvalue weighted by atomic mass is 9.96. The van der Waals surface area contributed by atoms with Gasteiger partial charge in [0.15, 0.2) is 11.5 Å². The number of ether oxygens (including phenoxy) is 2. The minimum Gasteiger partial charge on any atom is -0.507 e. The molecule has 9 nitrogen and oxygen atoms in total. The van der Waals surface area contributed by atoms with Crippen LogP contribution in [0.4, 0.5) is 5.95 Å². The number of imidazole rings is 1. The molecule has 0 radical (unpaired) electrons. The minimum absolute atomic E-state index is 0.0627. The Hall–Kier alpha value is -4.66. The van der Waals surface area contributed by atoms with Crippen molar-refractivity contribution in [2.75, 3.05) is 11.7 Å². The van der Waals surface area contributed by atoms with Crippen LogP contribution in [0.3, 0.4) is 0 Å². The molecule has 1 fully saturated rings. The van der Waals surface area contributed by atoms with Crippen LogP contribution in [0.1, 0.15) is 17.2 Å². The van der Waals surface area contributed by atoms with E-state index in [0.717, 1.165) is 5.52 Å². The fourth-order valence-electron chi connectivity index (χ4n) is 4.16. The molecule has 2 aliphatic rings.